The van der Waals surface area contributed by atoms with Gasteiger partial charge in [-0.05, 0) is 144 Å². The highest BCUT2D eigenvalue weighted by molar-refractivity contribution is 6.30. The molecular weight excluding hydrogens is 661 g/mol. The fraction of sp³-hybridized carbons (Fsp3) is 0.0545. The maximum absolute atomic E-state index is 2.51. The van der Waals surface area contributed by atoms with Gasteiger partial charge in [-0.25, -0.2) is 0 Å². The number of rotatable bonds is 2. The van der Waals surface area contributed by atoms with Crippen molar-refractivity contribution >= 4 is 43.1 Å². The second-order valence-corrected chi connectivity index (χ2v) is 16.3. The summed E-state index contributed by atoms with van der Waals surface area (Å²) in [6.07, 6.45) is 0. The van der Waals surface area contributed by atoms with Crippen molar-refractivity contribution in [3.63, 3.8) is 0 Å². The quantitative estimate of drug-likeness (QED) is 0.158. The van der Waals surface area contributed by atoms with Gasteiger partial charge in [-0.2, -0.15) is 0 Å². The van der Waals surface area contributed by atoms with Crippen LogP contribution in [0.2, 0.25) is 0 Å². The molecule has 0 spiro atoms. The number of hydrogen-bond acceptors (Lipinski definition) is 0. The lowest BCUT2D eigenvalue weighted by Gasteiger charge is -2.24. The molecule has 0 heterocycles. The van der Waals surface area contributed by atoms with E-state index < -0.39 is 0 Å². The normalized spacial score (nSPS) is 13.8. The molecule has 55 heavy (non-hydrogen) atoms. The Hall–Kier alpha value is -6.76. The highest BCUT2D eigenvalue weighted by Crippen LogP contribution is 2.57. The minimum atomic E-state index is -0.182. The van der Waals surface area contributed by atoms with E-state index in [9.17, 15) is 0 Å². The van der Waals surface area contributed by atoms with Crippen LogP contribution in [0.4, 0.5) is 0 Å². The largest absolute Gasteiger partial charge is 0.0616 e. The van der Waals surface area contributed by atoms with Crippen molar-refractivity contribution in [1.29, 1.82) is 0 Å². The van der Waals surface area contributed by atoms with Crippen molar-refractivity contribution in [3.05, 3.63) is 181 Å². The Morgan fingerprint density at radius 1 is 0.273 bits per heavy atom. The Bertz CT molecular complexity index is 3160. The average Bonchev–Trinajstić information content (AvgIpc) is 3.83. The third-order valence-electron chi connectivity index (χ3n) is 13.3. The molecular formula is C55H34. The van der Waals surface area contributed by atoms with Crippen LogP contribution in [-0.2, 0) is 5.41 Å². The van der Waals surface area contributed by atoms with Crippen LogP contribution < -0.4 is 0 Å². The Balaban J connectivity index is 1.02. The van der Waals surface area contributed by atoms with Gasteiger partial charge in [0.1, 0.15) is 0 Å². The number of hydrogen-bond donors (Lipinski definition) is 0. The summed E-state index contributed by atoms with van der Waals surface area (Å²) in [6.45, 7) is 4.85. The first kappa shape index (κ1) is 29.7. The highest BCUT2D eigenvalue weighted by atomic mass is 14.4. The van der Waals surface area contributed by atoms with Crippen LogP contribution >= 0.6 is 0 Å². The minimum absolute atomic E-state index is 0.182. The van der Waals surface area contributed by atoms with E-state index in [0.29, 0.717) is 0 Å². The predicted octanol–water partition coefficient (Wildman–Crippen LogP) is 15.2. The summed E-state index contributed by atoms with van der Waals surface area (Å²) in [7, 11) is 0. The molecule has 3 aliphatic rings. The van der Waals surface area contributed by atoms with Crippen LogP contribution in [0.5, 0.6) is 0 Å². The predicted molar refractivity (Wildman–Crippen MR) is 234 cm³/mol. The van der Waals surface area contributed by atoms with E-state index in [4.69, 9.17) is 0 Å². The van der Waals surface area contributed by atoms with Gasteiger partial charge in [0.2, 0.25) is 0 Å². The Morgan fingerprint density at radius 2 is 0.618 bits per heavy atom. The Morgan fingerprint density at radius 3 is 1.05 bits per heavy atom. The smallest absolute Gasteiger partial charge is 0.0159 e. The average molecular weight is 695 g/mol. The summed E-state index contributed by atoms with van der Waals surface area (Å²) >= 11 is 0. The SMILES string of the molecule is CC1(C)c2cc(-c3c4ccccc4c4c5c(cccc35)-c3ccccc3-4)ccc2-c2ccc(-c3c4ccccc4c4c5c(cccc35)-c3ccccc3-4)cc21. The highest BCUT2D eigenvalue weighted by Gasteiger charge is 2.37. The molecule has 0 aliphatic heterocycles. The third-order valence-corrected chi connectivity index (χ3v) is 13.3. The van der Waals surface area contributed by atoms with Crippen molar-refractivity contribution in [2.45, 2.75) is 19.3 Å². The first-order valence-corrected chi connectivity index (χ1v) is 19.5. The van der Waals surface area contributed by atoms with E-state index in [0.717, 1.165) is 0 Å². The van der Waals surface area contributed by atoms with E-state index in [1.165, 1.54) is 132 Å². The Kier molecular flexibility index (Phi) is 5.53. The molecule has 254 valence electrons. The van der Waals surface area contributed by atoms with E-state index in [1.807, 2.05) is 0 Å². The van der Waals surface area contributed by atoms with Crippen molar-refractivity contribution in [2.75, 3.05) is 0 Å². The molecule has 10 aromatic rings. The van der Waals surface area contributed by atoms with Crippen LogP contribution in [0.25, 0.3) is 121 Å². The molecule has 0 N–H and O–H groups in total. The van der Waals surface area contributed by atoms with Gasteiger partial charge in [0.05, 0.1) is 0 Å². The summed E-state index contributed by atoms with van der Waals surface area (Å²) in [4.78, 5) is 0. The lowest BCUT2D eigenvalue weighted by molar-refractivity contribution is 0.661. The van der Waals surface area contributed by atoms with Gasteiger partial charge >= 0.3 is 0 Å². The Labute approximate surface area is 320 Å². The molecule has 0 nitrogen and oxygen atoms in total. The maximum Gasteiger partial charge on any atom is 0.0159 e. The number of benzene rings is 10. The van der Waals surface area contributed by atoms with Gasteiger partial charge in [0.25, 0.3) is 0 Å². The summed E-state index contributed by atoms with van der Waals surface area (Å²) < 4.78 is 0. The van der Waals surface area contributed by atoms with Gasteiger partial charge < -0.3 is 0 Å². The second-order valence-electron chi connectivity index (χ2n) is 16.3. The summed E-state index contributed by atoms with van der Waals surface area (Å²) in [5.41, 5.74) is 21.3. The lowest BCUT2D eigenvalue weighted by atomic mass is 9.79. The van der Waals surface area contributed by atoms with Crippen molar-refractivity contribution in [2.24, 2.45) is 0 Å². The zero-order valence-corrected chi connectivity index (χ0v) is 30.7. The van der Waals surface area contributed by atoms with Crippen molar-refractivity contribution in [3.8, 4) is 77.9 Å². The number of fused-ring (bicyclic) bond motifs is 13. The molecule has 0 unspecified atom stereocenters. The van der Waals surface area contributed by atoms with E-state index in [2.05, 4.69) is 184 Å². The van der Waals surface area contributed by atoms with Crippen molar-refractivity contribution < 1.29 is 0 Å². The zero-order valence-electron chi connectivity index (χ0n) is 30.7. The first-order chi connectivity index (χ1) is 27.1. The molecule has 10 aromatic carbocycles. The van der Waals surface area contributed by atoms with Crippen molar-refractivity contribution in [1.82, 2.24) is 0 Å². The monoisotopic (exact) mass is 694 g/mol. The third kappa shape index (κ3) is 3.63. The second kappa shape index (κ2) is 10.3. The molecule has 0 fully saturated rings. The van der Waals surface area contributed by atoms with E-state index in [1.54, 1.807) is 0 Å². The van der Waals surface area contributed by atoms with Gasteiger partial charge in [0.15, 0.2) is 0 Å². The molecule has 13 rings (SSSR count). The van der Waals surface area contributed by atoms with Crippen LogP contribution in [0.15, 0.2) is 170 Å². The molecule has 0 atom stereocenters. The molecule has 0 saturated carbocycles. The fourth-order valence-electron chi connectivity index (χ4n) is 11.0. The van der Waals surface area contributed by atoms with E-state index >= 15 is 0 Å². The molecule has 0 saturated heterocycles. The maximum atomic E-state index is 2.51. The molecule has 0 bridgehead atoms. The topological polar surface area (TPSA) is 0 Å². The molecule has 0 aromatic heterocycles. The molecule has 3 aliphatic carbocycles. The molecule has 0 amide bonds. The van der Waals surface area contributed by atoms with Crippen LogP contribution in [0, 0.1) is 0 Å². The molecule has 0 heteroatoms. The van der Waals surface area contributed by atoms with Gasteiger partial charge in [-0.1, -0.05) is 172 Å². The van der Waals surface area contributed by atoms with Crippen LogP contribution in [0.3, 0.4) is 0 Å². The zero-order chi connectivity index (χ0) is 36.2. The standard InChI is InChI=1S/C55H34/c1-55(2)47-29-31(49-41-17-7-9-19-43(41)51-37-15-5-3-13-33(37)39-21-11-23-45(49)53(39)51)25-27-35(47)36-28-26-32(30-48(36)55)50-42-18-8-10-20-44(42)52-38-16-6-4-14-34(38)40-22-12-24-46(50)54(40)52/h3-30H,1-2H3. The lowest BCUT2D eigenvalue weighted by Crippen LogP contribution is -2.15. The van der Waals surface area contributed by atoms with Crippen LogP contribution in [-0.4, -0.2) is 0 Å². The summed E-state index contributed by atoms with van der Waals surface area (Å²) in [5.74, 6) is 0. The van der Waals surface area contributed by atoms with E-state index in [-0.39, 0.29) is 5.41 Å². The minimum Gasteiger partial charge on any atom is -0.0616 e. The fourth-order valence-corrected chi connectivity index (χ4v) is 11.0. The van der Waals surface area contributed by atoms with Gasteiger partial charge in [0, 0.05) is 5.41 Å². The summed E-state index contributed by atoms with van der Waals surface area (Å²) in [5, 5.41) is 10.7. The van der Waals surface area contributed by atoms with Gasteiger partial charge in [-0.15, -0.1) is 0 Å². The van der Waals surface area contributed by atoms with Gasteiger partial charge in [-0.3, -0.25) is 0 Å². The molecule has 0 radical (unpaired) electrons. The first-order valence-electron chi connectivity index (χ1n) is 19.5. The van der Waals surface area contributed by atoms with Crippen LogP contribution in [0.1, 0.15) is 25.0 Å². The summed E-state index contributed by atoms with van der Waals surface area (Å²) in [6, 6.07) is 64.3.